The van der Waals surface area contributed by atoms with E-state index in [1.165, 1.54) is 0 Å². The highest BCUT2D eigenvalue weighted by atomic mass is 14.8. The average molecular weight is 138 g/mol. The molecule has 0 N–H and O–H groups in total. The number of fused-ring (bicyclic) bond motifs is 1. The van der Waals surface area contributed by atoms with E-state index in [-0.39, 0.29) is 0 Å². The lowest BCUT2D eigenvalue weighted by molar-refractivity contribution is 0.103. The highest BCUT2D eigenvalue weighted by Gasteiger charge is 2.79. The normalized spacial score (nSPS) is 62.7. The van der Waals surface area contributed by atoms with E-state index < -0.39 is 0 Å². The molecular weight excluding hydrogens is 120 g/mol. The Hall–Kier alpha value is 0. The Morgan fingerprint density at radius 3 is 1.60 bits per heavy atom. The van der Waals surface area contributed by atoms with Gasteiger partial charge in [-0.3, -0.25) is 0 Å². The molecule has 0 heteroatoms. The first-order chi connectivity index (χ1) is 4.44. The molecule has 2 rings (SSSR count). The molecule has 0 heterocycles. The van der Waals surface area contributed by atoms with Crippen molar-refractivity contribution in [2.24, 2.45) is 28.6 Å². The van der Waals surface area contributed by atoms with Crippen LogP contribution in [-0.4, -0.2) is 0 Å². The predicted molar refractivity (Wildman–Crippen MR) is 43.7 cm³/mol. The summed E-state index contributed by atoms with van der Waals surface area (Å²) in [6.07, 6.45) is 0. The van der Waals surface area contributed by atoms with Crippen molar-refractivity contribution in [3.05, 3.63) is 0 Å². The van der Waals surface area contributed by atoms with Crippen LogP contribution in [0.4, 0.5) is 0 Å². The topological polar surface area (TPSA) is 0 Å². The molecule has 0 aromatic rings. The van der Waals surface area contributed by atoms with Crippen molar-refractivity contribution >= 4 is 0 Å². The largest absolute Gasteiger partial charge is 0.0619 e. The van der Waals surface area contributed by atoms with Gasteiger partial charge in [-0.2, -0.15) is 0 Å². The van der Waals surface area contributed by atoms with Gasteiger partial charge >= 0.3 is 0 Å². The van der Waals surface area contributed by atoms with Crippen LogP contribution >= 0.6 is 0 Å². The molecule has 0 radical (unpaired) electrons. The number of hydrogen-bond acceptors (Lipinski definition) is 0. The lowest BCUT2D eigenvalue weighted by Gasteiger charge is -2.37. The molecular formula is C10H18. The highest BCUT2D eigenvalue weighted by molar-refractivity contribution is 5.26. The lowest BCUT2D eigenvalue weighted by atomic mass is 9.67. The quantitative estimate of drug-likeness (QED) is 0.483. The van der Waals surface area contributed by atoms with Crippen LogP contribution in [0.2, 0.25) is 0 Å². The third kappa shape index (κ3) is 0.360. The Balaban J connectivity index is 2.28. The van der Waals surface area contributed by atoms with Gasteiger partial charge in [-0.15, -0.1) is 0 Å². The zero-order valence-corrected chi connectivity index (χ0v) is 7.73. The first kappa shape index (κ1) is 6.69. The highest BCUT2D eigenvalue weighted by Crippen LogP contribution is 2.84. The average Bonchev–Trinajstić information content (AvgIpc) is 2.26. The summed E-state index contributed by atoms with van der Waals surface area (Å²) in [6.45, 7) is 12.1. The fourth-order valence-corrected chi connectivity index (χ4v) is 3.85. The van der Waals surface area contributed by atoms with Gasteiger partial charge in [-0.1, -0.05) is 34.6 Å². The van der Waals surface area contributed by atoms with E-state index >= 15 is 0 Å². The van der Waals surface area contributed by atoms with Gasteiger partial charge in [0.2, 0.25) is 0 Å². The molecule has 2 aliphatic carbocycles. The molecule has 58 valence electrons. The summed E-state index contributed by atoms with van der Waals surface area (Å²) in [5, 5.41) is 0. The monoisotopic (exact) mass is 138 g/mol. The van der Waals surface area contributed by atoms with Gasteiger partial charge in [0.15, 0.2) is 0 Å². The molecule has 0 aliphatic heterocycles. The third-order valence-corrected chi connectivity index (χ3v) is 4.99. The summed E-state index contributed by atoms with van der Waals surface area (Å²) in [7, 11) is 0. The second-order valence-corrected chi connectivity index (χ2v) is 5.13. The standard InChI is InChI=1S/C10H18/c1-6-7(2)10(5)8(6)9(10,3)4/h6-8H,1-5H3. The summed E-state index contributed by atoms with van der Waals surface area (Å²) in [5.41, 5.74) is 1.37. The second kappa shape index (κ2) is 1.31. The van der Waals surface area contributed by atoms with Crippen LogP contribution in [0.25, 0.3) is 0 Å². The summed E-state index contributed by atoms with van der Waals surface area (Å²) in [4.78, 5) is 0. The van der Waals surface area contributed by atoms with Gasteiger partial charge in [-0.25, -0.2) is 0 Å². The molecule has 0 bridgehead atoms. The molecule has 0 aromatic carbocycles. The van der Waals surface area contributed by atoms with Crippen LogP contribution in [0.5, 0.6) is 0 Å². The Bertz CT molecular complexity index is 180. The zero-order valence-electron chi connectivity index (χ0n) is 7.73. The summed E-state index contributed by atoms with van der Waals surface area (Å²) in [5.74, 6) is 2.99. The van der Waals surface area contributed by atoms with Crippen LogP contribution in [0.3, 0.4) is 0 Å². The van der Waals surface area contributed by atoms with E-state index in [0.29, 0.717) is 10.8 Å². The molecule has 4 unspecified atom stereocenters. The Labute approximate surface area is 64.0 Å². The fraction of sp³-hybridized carbons (Fsp3) is 1.00. The predicted octanol–water partition coefficient (Wildman–Crippen LogP) is 2.93. The SMILES string of the molecule is CC1C(C)C2(C)C1C2(C)C. The van der Waals surface area contributed by atoms with E-state index in [4.69, 9.17) is 0 Å². The number of hydrogen-bond donors (Lipinski definition) is 0. The number of rotatable bonds is 0. The lowest BCUT2D eigenvalue weighted by Crippen LogP contribution is -2.32. The molecule has 0 spiro atoms. The van der Waals surface area contributed by atoms with Gasteiger partial charge in [0, 0.05) is 0 Å². The maximum atomic E-state index is 2.46. The zero-order chi connectivity index (χ0) is 7.73. The van der Waals surface area contributed by atoms with Crippen LogP contribution in [0, 0.1) is 28.6 Å². The Morgan fingerprint density at radius 2 is 1.50 bits per heavy atom. The van der Waals surface area contributed by atoms with Gasteiger partial charge in [0.25, 0.3) is 0 Å². The minimum absolute atomic E-state index is 0.659. The smallest absolute Gasteiger partial charge is 0.0207 e. The fourth-order valence-electron chi connectivity index (χ4n) is 3.85. The molecule has 0 saturated heterocycles. The maximum Gasteiger partial charge on any atom is -0.0207 e. The van der Waals surface area contributed by atoms with Crippen LogP contribution in [0.15, 0.2) is 0 Å². The van der Waals surface area contributed by atoms with Gasteiger partial charge in [0.05, 0.1) is 0 Å². The van der Waals surface area contributed by atoms with Gasteiger partial charge in [0.1, 0.15) is 0 Å². The first-order valence-electron chi connectivity index (χ1n) is 4.44. The van der Waals surface area contributed by atoms with Crippen molar-refractivity contribution in [3.8, 4) is 0 Å². The van der Waals surface area contributed by atoms with E-state index in [1.807, 2.05) is 0 Å². The summed E-state index contributed by atoms with van der Waals surface area (Å²) in [6, 6.07) is 0. The summed E-state index contributed by atoms with van der Waals surface area (Å²) < 4.78 is 0. The van der Waals surface area contributed by atoms with Gasteiger partial charge < -0.3 is 0 Å². The van der Waals surface area contributed by atoms with Crippen LogP contribution < -0.4 is 0 Å². The minimum Gasteiger partial charge on any atom is -0.0619 e. The summed E-state index contributed by atoms with van der Waals surface area (Å²) >= 11 is 0. The van der Waals surface area contributed by atoms with Crippen molar-refractivity contribution in [2.75, 3.05) is 0 Å². The van der Waals surface area contributed by atoms with Crippen molar-refractivity contribution in [3.63, 3.8) is 0 Å². The van der Waals surface area contributed by atoms with Crippen molar-refractivity contribution in [2.45, 2.75) is 34.6 Å². The molecule has 0 nitrogen and oxygen atoms in total. The van der Waals surface area contributed by atoms with E-state index in [1.54, 1.807) is 0 Å². The Morgan fingerprint density at radius 1 is 1.00 bits per heavy atom. The first-order valence-corrected chi connectivity index (χ1v) is 4.44. The van der Waals surface area contributed by atoms with Crippen molar-refractivity contribution in [1.29, 1.82) is 0 Å². The van der Waals surface area contributed by atoms with Crippen molar-refractivity contribution in [1.82, 2.24) is 0 Å². The van der Waals surface area contributed by atoms with Gasteiger partial charge in [-0.05, 0) is 28.6 Å². The molecule has 0 amide bonds. The Kier molecular flexibility index (Phi) is 0.874. The second-order valence-electron chi connectivity index (χ2n) is 5.13. The molecule has 2 aliphatic rings. The minimum atomic E-state index is 0.659. The van der Waals surface area contributed by atoms with Crippen molar-refractivity contribution < 1.29 is 0 Å². The molecule has 0 aromatic heterocycles. The van der Waals surface area contributed by atoms with E-state index in [9.17, 15) is 0 Å². The van der Waals surface area contributed by atoms with Crippen LogP contribution in [0.1, 0.15) is 34.6 Å². The van der Waals surface area contributed by atoms with Crippen LogP contribution in [-0.2, 0) is 0 Å². The van der Waals surface area contributed by atoms with E-state index in [0.717, 1.165) is 17.8 Å². The third-order valence-electron chi connectivity index (χ3n) is 4.99. The molecule has 2 fully saturated rings. The van der Waals surface area contributed by atoms with E-state index in [2.05, 4.69) is 34.6 Å². The molecule has 2 saturated carbocycles. The molecule has 10 heavy (non-hydrogen) atoms. The molecule has 4 atom stereocenters. The maximum absolute atomic E-state index is 2.46.